The lowest BCUT2D eigenvalue weighted by Gasteiger charge is -2.12. The van der Waals surface area contributed by atoms with Crippen molar-refractivity contribution in [3.05, 3.63) is 55.4 Å². The Bertz CT molecular complexity index is 1190. The van der Waals surface area contributed by atoms with Gasteiger partial charge in [0.15, 0.2) is 11.2 Å². The van der Waals surface area contributed by atoms with Crippen LogP contribution in [0.1, 0.15) is 38.9 Å². The van der Waals surface area contributed by atoms with Crippen LogP contribution >= 0.6 is 15.9 Å². The molecule has 3 aromatic rings. The van der Waals surface area contributed by atoms with Gasteiger partial charge in [0.1, 0.15) is 19.0 Å². The van der Waals surface area contributed by atoms with Crippen molar-refractivity contribution in [1.82, 2.24) is 18.7 Å². The van der Waals surface area contributed by atoms with E-state index in [-0.39, 0.29) is 17.8 Å². The fraction of sp³-hybridized carbons (Fsp3) is 0.429. The third-order valence-corrected chi connectivity index (χ3v) is 5.48. The highest BCUT2D eigenvalue weighted by molar-refractivity contribution is 9.10. The summed E-state index contributed by atoms with van der Waals surface area (Å²) in [4.78, 5) is 43.4. The second-order valence-electron chi connectivity index (χ2n) is 7.24. The van der Waals surface area contributed by atoms with Gasteiger partial charge in [0.2, 0.25) is 5.91 Å². The number of halogens is 1. The molecule has 9 nitrogen and oxygen atoms in total. The lowest BCUT2D eigenvalue weighted by molar-refractivity contribution is -0.116. The first kappa shape index (κ1) is 23.0. The van der Waals surface area contributed by atoms with Crippen LogP contribution in [-0.4, -0.2) is 29.7 Å². The number of nitrogens with zero attached hydrogens (tertiary/aromatic N) is 4. The highest BCUT2D eigenvalue weighted by atomic mass is 79.9. The van der Waals surface area contributed by atoms with Crippen LogP contribution in [0.15, 0.2) is 38.3 Å². The minimum absolute atomic E-state index is 0.234. The van der Waals surface area contributed by atoms with Crippen LogP contribution in [0.25, 0.3) is 11.2 Å². The zero-order valence-corrected chi connectivity index (χ0v) is 19.2. The first-order valence-corrected chi connectivity index (χ1v) is 11.1. The summed E-state index contributed by atoms with van der Waals surface area (Å²) < 4.78 is 4.89. The van der Waals surface area contributed by atoms with E-state index in [1.54, 1.807) is 28.8 Å². The molecule has 0 aliphatic carbocycles. The maximum atomic E-state index is 13.3. The Kier molecular flexibility index (Phi) is 7.45. The van der Waals surface area contributed by atoms with Crippen LogP contribution in [0, 0.1) is 0 Å². The Hall–Kier alpha value is -2.72. The number of aryl methyl sites for hydroxylation is 2. The summed E-state index contributed by atoms with van der Waals surface area (Å²) in [5.74, 6) is -0.150. The fourth-order valence-corrected chi connectivity index (χ4v) is 3.72. The van der Waals surface area contributed by atoms with Crippen molar-refractivity contribution in [2.75, 3.05) is 5.32 Å². The van der Waals surface area contributed by atoms with Gasteiger partial charge in [-0.3, -0.25) is 14.2 Å². The van der Waals surface area contributed by atoms with Crippen molar-refractivity contribution in [2.45, 2.75) is 59.4 Å². The largest absolute Gasteiger partial charge is 0.388 e. The van der Waals surface area contributed by atoms with Gasteiger partial charge >= 0.3 is 5.69 Å². The smallest absolute Gasteiger partial charge is 0.333 e. The molecule has 1 amide bonds. The Balaban J connectivity index is 2.10. The molecule has 10 heteroatoms. The molecule has 0 unspecified atom stereocenters. The molecule has 166 valence electrons. The molecule has 31 heavy (non-hydrogen) atoms. The van der Waals surface area contributed by atoms with E-state index in [1.165, 1.54) is 4.57 Å². The number of fused-ring (bicyclic) bond motifs is 1. The van der Waals surface area contributed by atoms with E-state index >= 15 is 0 Å². The average Bonchev–Trinajstić information content (AvgIpc) is 3.11. The minimum Gasteiger partial charge on any atom is -0.388 e. The van der Waals surface area contributed by atoms with Crippen molar-refractivity contribution >= 4 is 38.7 Å². The SMILES string of the molecule is CCCCn1c(=O)n(CC(=O)Nc2ccc(Br)cc2)c(=O)c2c1nc(CO)n2CCC. The molecule has 0 radical (unpaired) electrons. The molecule has 2 heterocycles. The highest BCUT2D eigenvalue weighted by Crippen LogP contribution is 2.15. The number of aliphatic hydroxyl groups excluding tert-OH is 1. The number of hydrogen-bond acceptors (Lipinski definition) is 5. The van der Waals surface area contributed by atoms with E-state index in [2.05, 4.69) is 26.2 Å². The van der Waals surface area contributed by atoms with E-state index < -0.39 is 23.7 Å². The van der Waals surface area contributed by atoms with E-state index in [9.17, 15) is 19.5 Å². The molecule has 2 N–H and O–H groups in total. The summed E-state index contributed by atoms with van der Waals surface area (Å²) in [5, 5.41) is 12.4. The van der Waals surface area contributed by atoms with Crippen molar-refractivity contribution in [2.24, 2.45) is 0 Å². The Morgan fingerprint density at radius 2 is 1.77 bits per heavy atom. The lowest BCUT2D eigenvalue weighted by atomic mass is 10.3. The van der Waals surface area contributed by atoms with E-state index in [1.807, 2.05) is 13.8 Å². The third-order valence-electron chi connectivity index (χ3n) is 4.95. The maximum absolute atomic E-state index is 13.3. The summed E-state index contributed by atoms with van der Waals surface area (Å²) in [6.45, 7) is 4.03. The molecule has 3 rings (SSSR count). The summed E-state index contributed by atoms with van der Waals surface area (Å²) in [6.07, 6.45) is 2.28. The fourth-order valence-electron chi connectivity index (χ4n) is 3.46. The van der Waals surface area contributed by atoms with Gasteiger partial charge in [-0.15, -0.1) is 0 Å². The first-order chi connectivity index (χ1) is 14.9. The number of aromatic nitrogens is 4. The van der Waals surface area contributed by atoms with Crippen LogP contribution in [-0.2, 0) is 31.0 Å². The Labute approximate surface area is 187 Å². The minimum atomic E-state index is -0.584. The van der Waals surface area contributed by atoms with Crippen molar-refractivity contribution < 1.29 is 9.90 Å². The van der Waals surface area contributed by atoms with Crippen molar-refractivity contribution in [3.8, 4) is 0 Å². The van der Waals surface area contributed by atoms with Gasteiger partial charge < -0.3 is 15.0 Å². The molecule has 2 aromatic heterocycles. The summed E-state index contributed by atoms with van der Waals surface area (Å²) in [7, 11) is 0. The van der Waals surface area contributed by atoms with Crippen molar-refractivity contribution in [3.63, 3.8) is 0 Å². The molecule has 0 aliphatic heterocycles. The summed E-state index contributed by atoms with van der Waals surface area (Å²) in [5.41, 5.74) is -0.113. The van der Waals surface area contributed by atoms with Gasteiger partial charge in [0.05, 0.1) is 0 Å². The third kappa shape index (κ3) is 4.80. The second kappa shape index (κ2) is 10.1. The molecule has 0 saturated heterocycles. The molecule has 0 saturated carbocycles. The molecule has 0 bridgehead atoms. The number of anilines is 1. The van der Waals surface area contributed by atoms with E-state index in [4.69, 9.17) is 0 Å². The average molecular weight is 492 g/mol. The van der Waals surface area contributed by atoms with Crippen LogP contribution in [0.5, 0.6) is 0 Å². The number of aliphatic hydroxyl groups is 1. The van der Waals surface area contributed by atoms with Gasteiger partial charge in [-0.25, -0.2) is 14.3 Å². The molecule has 0 aliphatic rings. The van der Waals surface area contributed by atoms with E-state index in [0.29, 0.717) is 31.0 Å². The first-order valence-electron chi connectivity index (χ1n) is 10.3. The topological polar surface area (TPSA) is 111 Å². The monoisotopic (exact) mass is 491 g/mol. The van der Waals surface area contributed by atoms with Crippen LogP contribution in [0.3, 0.4) is 0 Å². The molecular weight excluding hydrogens is 466 g/mol. The normalized spacial score (nSPS) is 11.2. The molecule has 0 spiro atoms. The number of unbranched alkanes of at least 4 members (excludes halogenated alkanes) is 1. The number of rotatable bonds is 9. The number of nitrogens with one attached hydrogen (secondary N) is 1. The predicted molar refractivity (Wildman–Crippen MR) is 122 cm³/mol. The maximum Gasteiger partial charge on any atom is 0.333 e. The van der Waals surface area contributed by atoms with Gasteiger partial charge in [-0.1, -0.05) is 36.2 Å². The summed E-state index contributed by atoms with van der Waals surface area (Å²) in [6, 6.07) is 7.01. The highest BCUT2D eigenvalue weighted by Gasteiger charge is 2.22. The predicted octanol–water partition coefficient (Wildman–Crippen LogP) is 2.46. The zero-order chi connectivity index (χ0) is 22.5. The molecule has 0 atom stereocenters. The van der Waals surface area contributed by atoms with Gasteiger partial charge in [-0.05, 0) is 37.1 Å². The van der Waals surface area contributed by atoms with Crippen LogP contribution in [0.4, 0.5) is 5.69 Å². The van der Waals surface area contributed by atoms with Crippen LogP contribution in [0.2, 0.25) is 0 Å². The lowest BCUT2D eigenvalue weighted by Crippen LogP contribution is -2.43. The quantitative estimate of drug-likeness (QED) is 0.477. The van der Waals surface area contributed by atoms with Gasteiger partial charge in [0, 0.05) is 23.2 Å². The Morgan fingerprint density at radius 3 is 2.39 bits per heavy atom. The number of hydrogen-bond donors (Lipinski definition) is 2. The number of benzene rings is 1. The standard InChI is InChI=1S/C21H26BrN5O4/c1-3-5-11-26-19-18(25(10-4-2)16(13-28)24-19)20(30)27(21(26)31)12-17(29)23-15-8-6-14(22)7-9-15/h6-9,28H,3-5,10-13H2,1-2H3,(H,23,29). The zero-order valence-electron chi connectivity index (χ0n) is 17.6. The number of carbonyl (C=O) groups is 1. The van der Waals surface area contributed by atoms with Gasteiger partial charge in [-0.2, -0.15) is 0 Å². The Morgan fingerprint density at radius 1 is 1.06 bits per heavy atom. The number of carbonyl (C=O) groups excluding carboxylic acids is 1. The number of imidazole rings is 1. The van der Waals surface area contributed by atoms with Crippen LogP contribution < -0.4 is 16.6 Å². The second-order valence-corrected chi connectivity index (χ2v) is 8.16. The molecule has 0 fully saturated rings. The summed E-state index contributed by atoms with van der Waals surface area (Å²) >= 11 is 3.34. The van der Waals surface area contributed by atoms with Crippen molar-refractivity contribution in [1.29, 1.82) is 0 Å². The van der Waals surface area contributed by atoms with E-state index in [0.717, 1.165) is 21.9 Å². The number of amides is 1. The molecule has 1 aromatic carbocycles. The molecular formula is C21H26BrN5O4. The van der Waals surface area contributed by atoms with Gasteiger partial charge in [0.25, 0.3) is 5.56 Å².